The Balaban J connectivity index is 1.77. The molecule has 1 aliphatic rings. The van der Waals surface area contributed by atoms with Crippen LogP contribution >= 0.6 is 0 Å². The Labute approximate surface area is 121 Å². The molecule has 0 atom stereocenters. The normalized spacial score (nSPS) is 15.4. The average Bonchev–Trinajstić information content (AvgIpc) is 2.96. The van der Waals surface area contributed by atoms with Gasteiger partial charge in [-0.3, -0.25) is 9.59 Å². The fraction of sp³-hybridized carbons (Fsp3) is 0.500. The standard InChI is InChI=1S/C14H18N2O5/c17-12(16-10-4-2-1-3-5-10)7-15-13(18)11-6-9(8-21-11)14(19)20/h6,8,10H,1-5,7H2,(H,15,18)(H,16,17)(H,19,20). The summed E-state index contributed by atoms with van der Waals surface area (Å²) in [5.74, 6) is -2.16. The SMILES string of the molecule is O=C(CNC(=O)c1cc(C(=O)O)co1)NC1CCCCC1. The molecule has 0 aliphatic heterocycles. The van der Waals surface area contributed by atoms with E-state index in [9.17, 15) is 14.4 Å². The average molecular weight is 294 g/mol. The monoisotopic (exact) mass is 294 g/mol. The van der Waals surface area contributed by atoms with Crippen LogP contribution in [0.15, 0.2) is 16.7 Å². The lowest BCUT2D eigenvalue weighted by atomic mass is 9.95. The first-order chi connectivity index (χ1) is 10.1. The lowest BCUT2D eigenvalue weighted by Crippen LogP contribution is -2.42. The fourth-order valence-electron chi connectivity index (χ4n) is 2.34. The number of nitrogens with one attached hydrogen (secondary N) is 2. The summed E-state index contributed by atoms with van der Waals surface area (Å²) in [6.45, 7) is -0.154. The van der Waals surface area contributed by atoms with Crippen LogP contribution in [0.1, 0.15) is 53.0 Å². The smallest absolute Gasteiger partial charge is 0.338 e. The van der Waals surface area contributed by atoms with E-state index in [0.717, 1.165) is 38.0 Å². The van der Waals surface area contributed by atoms with Crippen molar-refractivity contribution in [3.63, 3.8) is 0 Å². The number of carbonyl (C=O) groups excluding carboxylic acids is 2. The molecule has 0 bridgehead atoms. The highest BCUT2D eigenvalue weighted by Gasteiger charge is 2.18. The van der Waals surface area contributed by atoms with Crippen molar-refractivity contribution < 1.29 is 23.9 Å². The second-order valence-electron chi connectivity index (χ2n) is 5.09. The minimum absolute atomic E-state index is 0.105. The summed E-state index contributed by atoms with van der Waals surface area (Å²) in [4.78, 5) is 34.1. The maximum atomic E-state index is 11.7. The van der Waals surface area contributed by atoms with Gasteiger partial charge in [-0.1, -0.05) is 19.3 Å². The molecular weight excluding hydrogens is 276 g/mol. The fourth-order valence-corrected chi connectivity index (χ4v) is 2.34. The molecule has 1 aliphatic carbocycles. The van der Waals surface area contributed by atoms with Gasteiger partial charge in [-0.15, -0.1) is 0 Å². The third-order valence-corrected chi connectivity index (χ3v) is 3.45. The van der Waals surface area contributed by atoms with Crippen molar-refractivity contribution in [2.45, 2.75) is 38.1 Å². The number of amides is 2. The molecule has 0 radical (unpaired) electrons. The highest BCUT2D eigenvalue weighted by molar-refractivity contribution is 5.97. The highest BCUT2D eigenvalue weighted by atomic mass is 16.4. The molecule has 1 fully saturated rings. The van der Waals surface area contributed by atoms with Crippen LogP contribution in [0.4, 0.5) is 0 Å². The number of carboxylic acid groups (broad SMARTS) is 1. The van der Waals surface area contributed by atoms with Crippen LogP contribution in [0.25, 0.3) is 0 Å². The Kier molecular flexibility index (Phi) is 4.97. The molecule has 2 amide bonds. The molecule has 7 nitrogen and oxygen atoms in total. The summed E-state index contributed by atoms with van der Waals surface area (Å²) < 4.78 is 4.85. The first kappa shape index (κ1) is 15.1. The first-order valence-corrected chi connectivity index (χ1v) is 6.95. The van der Waals surface area contributed by atoms with Crippen molar-refractivity contribution in [2.75, 3.05) is 6.54 Å². The van der Waals surface area contributed by atoms with E-state index >= 15 is 0 Å². The van der Waals surface area contributed by atoms with Gasteiger partial charge in [0.2, 0.25) is 5.91 Å². The summed E-state index contributed by atoms with van der Waals surface area (Å²) in [6, 6.07) is 1.31. The molecule has 1 aromatic rings. The van der Waals surface area contributed by atoms with Gasteiger partial charge in [-0.05, 0) is 12.8 Å². The third kappa shape index (κ3) is 4.34. The predicted octanol–water partition coefficient (Wildman–Crippen LogP) is 1.16. The Hall–Kier alpha value is -2.31. The molecule has 1 aromatic heterocycles. The summed E-state index contributed by atoms with van der Waals surface area (Å²) in [6.07, 6.45) is 6.36. The molecule has 2 rings (SSSR count). The van der Waals surface area contributed by atoms with Gasteiger partial charge in [-0.25, -0.2) is 4.79 Å². The zero-order chi connectivity index (χ0) is 15.2. The van der Waals surface area contributed by atoms with Crippen LogP contribution in [-0.2, 0) is 4.79 Å². The third-order valence-electron chi connectivity index (χ3n) is 3.45. The van der Waals surface area contributed by atoms with Gasteiger partial charge in [-0.2, -0.15) is 0 Å². The molecule has 0 unspecified atom stereocenters. The van der Waals surface area contributed by atoms with Gasteiger partial charge in [0, 0.05) is 12.1 Å². The zero-order valence-corrected chi connectivity index (χ0v) is 11.6. The van der Waals surface area contributed by atoms with Crippen LogP contribution < -0.4 is 10.6 Å². The van der Waals surface area contributed by atoms with Gasteiger partial charge in [0.05, 0.1) is 12.1 Å². The second kappa shape index (κ2) is 6.92. The van der Waals surface area contributed by atoms with Crippen LogP contribution in [0.5, 0.6) is 0 Å². The van der Waals surface area contributed by atoms with Crippen molar-refractivity contribution in [3.8, 4) is 0 Å². The summed E-state index contributed by atoms with van der Waals surface area (Å²) >= 11 is 0. The van der Waals surface area contributed by atoms with E-state index in [4.69, 9.17) is 9.52 Å². The number of carboxylic acids is 1. The molecule has 114 valence electrons. The maximum absolute atomic E-state index is 11.7. The van der Waals surface area contributed by atoms with Gasteiger partial charge in [0.25, 0.3) is 5.91 Å². The Morgan fingerprint density at radius 2 is 1.95 bits per heavy atom. The van der Waals surface area contributed by atoms with Crippen LogP contribution in [0.2, 0.25) is 0 Å². The van der Waals surface area contributed by atoms with E-state index in [-0.39, 0.29) is 29.8 Å². The number of furan rings is 1. The second-order valence-corrected chi connectivity index (χ2v) is 5.09. The molecule has 1 saturated carbocycles. The first-order valence-electron chi connectivity index (χ1n) is 6.95. The largest absolute Gasteiger partial charge is 0.478 e. The molecule has 3 N–H and O–H groups in total. The van der Waals surface area contributed by atoms with Crippen molar-refractivity contribution in [3.05, 3.63) is 23.7 Å². The van der Waals surface area contributed by atoms with E-state index in [2.05, 4.69) is 10.6 Å². The molecule has 0 saturated heterocycles. The zero-order valence-electron chi connectivity index (χ0n) is 11.6. The van der Waals surface area contributed by atoms with Crippen molar-refractivity contribution >= 4 is 17.8 Å². The minimum Gasteiger partial charge on any atom is -0.478 e. The number of rotatable bonds is 5. The van der Waals surface area contributed by atoms with Gasteiger partial charge >= 0.3 is 5.97 Å². The number of hydrogen-bond acceptors (Lipinski definition) is 4. The van der Waals surface area contributed by atoms with Crippen molar-refractivity contribution in [2.24, 2.45) is 0 Å². The molecule has 7 heteroatoms. The quantitative estimate of drug-likeness (QED) is 0.755. The number of aromatic carboxylic acids is 1. The Morgan fingerprint density at radius 3 is 2.57 bits per heavy atom. The Bertz CT molecular complexity index is 531. The number of hydrogen-bond donors (Lipinski definition) is 3. The van der Waals surface area contributed by atoms with Gasteiger partial charge < -0.3 is 20.2 Å². The van der Waals surface area contributed by atoms with Gasteiger partial charge in [0.15, 0.2) is 5.76 Å². The van der Waals surface area contributed by atoms with E-state index in [1.54, 1.807) is 0 Å². The molecular formula is C14H18N2O5. The maximum Gasteiger partial charge on any atom is 0.338 e. The lowest BCUT2D eigenvalue weighted by molar-refractivity contribution is -0.121. The van der Waals surface area contributed by atoms with Crippen LogP contribution in [0.3, 0.4) is 0 Å². The summed E-state index contributed by atoms with van der Waals surface area (Å²) in [5.41, 5.74) is -0.105. The molecule has 0 spiro atoms. The van der Waals surface area contributed by atoms with E-state index in [1.807, 2.05) is 0 Å². The summed E-state index contributed by atoms with van der Waals surface area (Å²) in [5, 5.41) is 14.0. The number of carbonyl (C=O) groups is 3. The van der Waals surface area contributed by atoms with E-state index in [0.29, 0.717) is 0 Å². The molecule has 0 aromatic carbocycles. The van der Waals surface area contributed by atoms with Crippen LogP contribution in [0, 0.1) is 0 Å². The van der Waals surface area contributed by atoms with Gasteiger partial charge in [0.1, 0.15) is 6.26 Å². The van der Waals surface area contributed by atoms with E-state index < -0.39 is 11.9 Å². The van der Waals surface area contributed by atoms with Crippen molar-refractivity contribution in [1.82, 2.24) is 10.6 Å². The lowest BCUT2D eigenvalue weighted by Gasteiger charge is -2.22. The summed E-state index contributed by atoms with van der Waals surface area (Å²) in [7, 11) is 0. The van der Waals surface area contributed by atoms with Crippen LogP contribution in [-0.4, -0.2) is 35.5 Å². The molecule has 1 heterocycles. The minimum atomic E-state index is -1.17. The van der Waals surface area contributed by atoms with Crippen molar-refractivity contribution in [1.29, 1.82) is 0 Å². The predicted molar refractivity (Wildman–Crippen MR) is 73.0 cm³/mol. The topological polar surface area (TPSA) is 109 Å². The highest BCUT2D eigenvalue weighted by Crippen LogP contribution is 2.17. The Morgan fingerprint density at radius 1 is 1.24 bits per heavy atom. The van der Waals surface area contributed by atoms with E-state index in [1.165, 1.54) is 6.42 Å². The molecule has 21 heavy (non-hydrogen) atoms.